The summed E-state index contributed by atoms with van der Waals surface area (Å²) in [5.74, 6) is -0.149. The van der Waals surface area contributed by atoms with Crippen LogP contribution in [0.2, 0.25) is 0 Å². The van der Waals surface area contributed by atoms with E-state index in [-0.39, 0.29) is 19.1 Å². The molecule has 61 heavy (non-hydrogen) atoms. The van der Waals surface area contributed by atoms with Gasteiger partial charge in [-0.25, -0.2) is 4.57 Å². The average Bonchev–Trinajstić information content (AvgIpc) is 3.21. The smallest absolute Gasteiger partial charge is 0.391 e. The van der Waals surface area contributed by atoms with Gasteiger partial charge in [0.15, 0.2) is 0 Å². The number of carbonyl (C=O) groups is 1. The van der Waals surface area contributed by atoms with E-state index >= 15 is 0 Å². The Hall–Kier alpha value is -1.80. The number of hydrogen-bond donors (Lipinski definition) is 3. The number of amides is 1. The summed E-state index contributed by atoms with van der Waals surface area (Å²) < 4.78 is 23.6. The van der Waals surface area contributed by atoms with Crippen LogP contribution in [0.1, 0.15) is 213 Å². The largest absolute Gasteiger partial charge is 0.472 e. The summed E-state index contributed by atoms with van der Waals surface area (Å²) in [4.78, 5) is 23.1. The third kappa shape index (κ3) is 46.0. The Bertz CT molecular complexity index is 1180. The van der Waals surface area contributed by atoms with E-state index in [4.69, 9.17) is 9.05 Å². The first-order chi connectivity index (χ1) is 29.5. The average molecular weight is 878 g/mol. The molecule has 1 amide bonds. The quantitative estimate of drug-likeness (QED) is 0.0244. The number of hydrogen-bond acceptors (Lipinski definition) is 5. The molecule has 8 nitrogen and oxygen atoms in total. The fraction of sp³-hybridized carbons (Fsp3) is 0.788. The number of carbonyl (C=O) groups excluding carboxylic acids is 1. The van der Waals surface area contributed by atoms with Gasteiger partial charge in [-0.15, -0.1) is 0 Å². The Kier molecular flexibility index (Phi) is 42.2. The number of aliphatic hydroxyl groups excluding tert-OH is 1. The molecule has 9 heteroatoms. The second-order valence-corrected chi connectivity index (χ2v) is 19.6. The molecule has 0 radical (unpaired) electrons. The van der Waals surface area contributed by atoms with E-state index in [0.717, 1.165) is 70.6 Å². The summed E-state index contributed by atoms with van der Waals surface area (Å²) in [6.45, 7) is 4.73. The van der Waals surface area contributed by atoms with Crippen molar-refractivity contribution < 1.29 is 32.9 Å². The fourth-order valence-electron chi connectivity index (χ4n) is 7.07. The molecule has 0 fully saturated rings. The molecule has 0 aromatic carbocycles. The molecule has 0 aliphatic heterocycles. The number of phosphoric acid groups is 1. The predicted octanol–water partition coefficient (Wildman–Crippen LogP) is 14.6. The van der Waals surface area contributed by atoms with Crippen LogP contribution in [0.25, 0.3) is 0 Å². The first kappa shape index (κ1) is 59.2. The maximum Gasteiger partial charge on any atom is 0.472 e. The number of phosphoric ester groups is 1. The number of rotatable bonds is 45. The molecule has 0 heterocycles. The van der Waals surface area contributed by atoms with Gasteiger partial charge in [-0.1, -0.05) is 209 Å². The number of quaternary nitrogens is 1. The molecular weight excluding hydrogens is 780 g/mol. The minimum absolute atomic E-state index is 0.0732. The lowest BCUT2D eigenvalue weighted by Gasteiger charge is -2.26. The van der Waals surface area contributed by atoms with Crippen molar-refractivity contribution in [3.05, 3.63) is 60.8 Å². The van der Waals surface area contributed by atoms with Crippen molar-refractivity contribution in [2.24, 2.45) is 0 Å². The molecular formula is C52H98N2O6P+. The Morgan fingerprint density at radius 3 is 1.44 bits per heavy atom. The second kappa shape index (κ2) is 43.5. The van der Waals surface area contributed by atoms with Crippen LogP contribution in [0.3, 0.4) is 0 Å². The minimum Gasteiger partial charge on any atom is -0.391 e. The highest BCUT2D eigenvalue weighted by molar-refractivity contribution is 7.47. The molecule has 356 valence electrons. The Morgan fingerprint density at radius 2 is 0.984 bits per heavy atom. The number of likely N-dealkylation sites (N-methyl/N-ethyl adjacent to an activating group) is 1. The van der Waals surface area contributed by atoms with Crippen LogP contribution in [0.5, 0.6) is 0 Å². The lowest BCUT2D eigenvalue weighted by Crippen LogP contribution is -2.46. The van der Waals surface area contributed by atoms with E-state index in [1.807, 2.05) is 21.1 Å². The van der Waals surface area contributed by atoms with Crippen molar-refractivity contribution in [3.63, 3.8) is 0 Å². The Balaban J connectivity index is 3.98. The zero-order valence-corrected chi connectivity index (χ0v) is 41.3. The van der Waals surface area contributed by atoms with Crippen molar-refractivity contribution in [3.8, 4) is 0 Å². The molecule has 0 bridgehead atoms. The highest BCUT2D eigenvalue weighted by Gasteiger charge is 2.28. The van der Waals surface area contributed by atoms with Crippen LogP contribution in [0.4, 0.5) is 0 Å². The monoisotopic (exact) mass is 878 g/mol. The van der Waals surface area contributed by atoms with Crippen LogP contribution in [0, 0.1) is 0 Å². The molecule has 0 aliphatic rings. The van der Waals surface area contributed by atoms with E-state index in [9.17, 15) is 19.4 Å². The van der Waals surface area contributed by atoms with Gasteiger partial charge in [-0.3, -0.25) is 13.8 Å². The van der Waals surface area contributed by atoms with Gasteiger partial charge in [0.25, 0.3) is 0 Å². The number of allylic oxidation sites excluding steroid dienone is 10. The van der Waals surface area contributed by atoms with E-state index in [1.54, 1.807) is 0 Å². The number of nitrogens with one attached hydrogen (secondary N) is 1. The van der Waals surface area contributed by atoms with Crippen molar-refractivity contribution >= 4 is 13.7 Å². The van der Waals surface area contributed by atoms with Gasteiger partial charge in [0.05, 0.1) is 39.9 Å². The third-order valence-corrected chi connectivity index (χ3v) is 12.0. The van der Waals surface area contributed by atoms with Gasteiger partial charge in [0, 0.05) is 6.42 Å². The van der Waals surface area contributed by atoms with Gasteiger partial charge in [0.2, 0.25) is 5.91 Å². The molecule has 3 atom stereocenters. The van der Waals surface area contributed by atoms with Crippen LogP contribution in [-0.2, 0) is 18.4 Å². The molecule has 0 aromatic rings. The number of unbranched alkanes of at least 4 members (excludes halogenated alkanes) is 22. The highest BCUT2D eigenvalue weighted by atomic mass is 31.2. The molecule has 0 spiro atoms. The predicted molar refractivity (Wildman–Crippen MR) is 263 cm³/mol. The number of nitrogens with zero attached hydrogens (tertiary/aromatic N) is 1. The zero-order valence-electron chi connectivity index (χ0n) is 40.4. The van der Waals surface area contributed by atoms with Crippen molar-refractivity contribution in [1.82, 2.24) is 5.32 Å². The normalized spacial score (nSPS) is 14.7. The molecule has 0 saturated heterocycles. The van der Waals surface area contributed by atoms with Gasteiger partial charge >= 0.3 is 7.82 Å². The van der Waals surface area contributed by atoms with Crippen LogP contribution >= 0.6 is 7.82 Å². The minimum atomic E-state index is -4.31. The standard InChI is InChI=1S/C52H97N2O6P/c1-6-8-10-12-14-16-17-18-19-20-21-22-23-24-25-26-27-28-29-30-31-32-33-34-35-36-37-38-40-42-44-46-52(56)53-50(49-60-61(57,58)59-48-47-54(3,4)5)51(55)45-43-41-39-15-13-11-9-7-2/h8,10,14,16,18-19,21-22,24-25,50-51,55H,6-7,9,11-13,15,17,20,23,26-49H2,1-5H3,(H-,53,56,57,58)/p+1/b10-8-,16-14-,19-18-,22-21-,25-24-. The van der Waals surface area contributed by atoms with Gasteiger partial charge in [-0.05, 0) is 57.8 Å². The maximum absolute atomic E-state index is 12.9. The Morgan fingerprint density at radius 1 is 0.574 bits per heavy atom. The van der Waals surface area contributed by atoms with E-state index < -0.39 is 20.0 Å². The van der Waals surface area contributed by atoms with Crippen molar-refractivity contribution in [2.45, 2.75) is 225 Å². The highest BCUT2D eigenvalue weighted by Crippen LogP contribution is 2.43. The molecule has 0 rings (SSSR count). The Labute approximate surface area is 377 Å². The molecule has 0 aromatic heterocycles. The summed E-state index contributed by atoms with van der Waals surface area (Å²) in [5.41, 5.74) is 0. The summed E-state index contributed by atoms with van der Waals surface area (Å²) in [6.07, 6.45) is 57.1. The third-order valence-electron chi connectivity index (χ3n) is 11.0. The molecule has 3 unspecified atom stereocenters. The van der Waals surface area contributed by atoms with E-state index in [0.29, 0.717) is 23.9 Å². The molecule has 3 N–H and O–H groups in total. The summed E-state index contributed by atoms with van der Waals surface area (Å²) in [6, 6.07) is -0.759. The van der Waals surface area contributed by atoms with E-state index in [1.165, 1.54) is 116 Å². The van der Waals surface area contributed by atoms with Gasteiger partial charge < -0.3 is 19.8 Å². The first-order valence-electron chi connectivity index (χ1n) is 25.2. The second-order valence-electron chi connectivity index (χ2n) is 18.2. The lowest BCUT2D eigenvalue weighted by atomic mass is 10.0. The molecule has 0 aliphatic carbocycles. The lowest BCUT2D eigenvalue weighted by molar-refractivity contribution is -0.870. The summed E-state index contributed by atoms with van der Waals surface area (Å²) >= 11 is 0. The first-order valence-corrected chi connectivity index (χ1v) is 26.6. The van der Waals surface area contributed by atoms with Gasteiger partial charge in [0.1, 0.15) is 13.2 Å². The van der Waals surface area contributed by atoms with Crippen LogP contribution in [-0.4, -0.2) is 73.4 Å². The fourth-order valence-corrected chi connectivity index (χ4v) is 7.81. The summed E-state index contributed by atoms with van der Waals surface area (Å²) in [5, 5.41) is 13.9. The van der Waals surface area contributed by atoms with Crippen molar-refractivity contribution in [2.75, 3.05) is 40.9 Å². The van der Waals surface area contributed by atoms with Crippen LogP contribution in [0.15, 0.2) is 60.8 Å². The molecule has 0 saturated carbocycles. The van der Waals surface area contributed by atoms with Crippen molar-refractivity contribution in [1.29, 1.82) is 0 Å². The SMILES string of the molecule is CC/C=C\C/C=C\C/C=C\C/C=C\C/C=C\CCCCCCCCCCCCCCCCCC(=O)NC(COP(=O)(O)OCC[N+](C)(C)C)C(O)CCCCCCCCCC. The van der Waals surface area contributed by atoms with E-state index in [2.05, 4.69) is 79.9 Å². The van der Waals surface area contributed by atoms with Gasteiger partial charge in [-0.2, -0.15) is 0 Å². The van der Waals surface area contributed by atoms with Crippen LogP contribution < -0.4 is 5.32 Å². The maximum atomic E-state index is 12.9. The zero-order chi connectivity index (χ0) is 45.0. The number of aliphatic hydroxyl groups is 1. The summed E-state index contributed by atoms with van der Waals surface area (Å²) in [7, 11) is 1.61. The topological polar surface area (TPSA) is 105 Å².